The molecule has 0 amide bonds. The summed E-state index contributed by atoms with van der Waals surface area (Å²) >= 11 is 0. The highest BCUT2D eigenvalue weighted by Crippen LogP contribution is 2.45. The quantitative estimate of drug-likeness (QED) is 0.145. The molecule has 14 aromatic rings. The summed E-state index contributed by atoms with van der Waals surface area (Å²) < 4.78 is 8.90. The summed E-state index contributed by atoms with van der Waals surface area (Å²) in [7, 11) is 0. The van der Waals surface area contributed by atoms with Gasteiger partial charge < -0.3 is 8.98 Å². The third-order valence-electron chi connectivity index (χ3n) is 14.3. The van der Waals surface area contributed by atoms with Gasteiger partial charge in [0.25, 0.3) is 0 Å². The molecule has 5 nitrogen and oxygen atoms in total. The van der Waals surface area contributed by atoms with E-state index in [2.05, 4.69) is 247 Å². The molecule has 11 aromatic carbocycles. The van der Waals surface area contributed by atoms with E-state index in [9.17, 15) is 0 Å². The number of para-hydroxylation sites is 1. The zero-order valence-corrected chi connectivity index (χ0v) is 40.1. The number of hydrogen-bond donors (Lipinski definition) is 0. The van der Waals surface area contributed by atoms with E-state index in [0.29, 0.717) is 17.5 Å². The van der Waals surface area contributed by atoms with E-state index in [1.54, 1.807) is 0 Å². The number of rotatable bonds is 9. The van der Waals surface area contributed by atoms with Gasteiger partial charge in [-0.1, -0.05) is 212 Å². The Kier molecular flexibility index (Phi) is 10.4. The molecule has 0 fully saturated rings. The van der Waals surface area contributed by atoms with Crippen LogP contribution in [-0.2, 0) is 0 Å². The molecule has 0 saturated heterocycles. The van der Waals surface area contributed by atoms with Gasteiger partial charge in [-0.2, -0.15) is 0 Å². The van der Waals surface area contributed by atoms with Crippen molar-refractivity contribution in [3.8, 4) is 95.5 Å². The minimum Gasteiger partial charge on any atom is -0.456 e. The summed E-state index contributed by atoms with van der Waals surface area (Å²) in [6, 6.07) is 94.4. The van der Waals surface area contributed by atoms with E-state index < -0.39 is 0 Å². The fraction of sp³-hybridized carbons (Fsp3) is 0. The van der Waals surface area contributed by atoms with Gasteiger partial charge in [-0.25, -0.2) is 15.0 Å². The largest absolute Gasteiger partial charge is 0.456 e. The Morgan fingerprint density at radius 1 is 0.243 bits per heavy atom. The molecule has 3 aromatic heterocycles. The van der Waals surface area contributed by atoms with Gasteiger partial charge in [0.1, 0.15) is 11.2 Å². The van der Waals surface area contributed by atoms with Crippen LogP contribution in [0, 0.1) is 0 Å². The molecule has 74 heavy (non-hydrogen) atoms. The average molecular weight is 945 g/mol. The topological polar surface area (TPSA) is 56.7 Å². The smallest absolute Gasteiger partial charge is 0.164 e. The van der Waals surface area contributed by atoms with Crippen molar-refractivity contribution >= 4 is 43.7 Å². The molecule has 3 heterocycles. The fourth-order valence-electron chi connectivity index (χ4n) is 10.6. The Labute approximate surface area is 428 Å². The second-order valence-electron chi connectivity index (χ2n) is 18.7. The highest BCUT2D eigenvalue weighted by atomic mass is 16.3. The number of benzene rings is 11. The summed E-state index contributed by atoms with van der Waals surface area (Å²) in [5.74, 6) is 1.69. The van der Waals surface area contributed by atoms with Gasteiger partial charge >= 0.3 is 0 Å². The maximum Gasteiger partial charge on any atom is 0.164 e. The molecule has 0 bridgehead atoms. The molecule has 0 unspecified atom stereocenters. The molecule has 5 heteroatoms. The Hall–Kier alpha value is -9.97. The second-order valence-corrected chi connectivity index (χ2v) is 18.7. The summed E-state index contributed by atoms with van der Waals surface area (Å²) in [4.78, 5) is 16.0. The van der Waals surface area contributed by atoms with Crippen molar-refractivity contribution in [2.24, 2.45) is 0 Å². The molecule has 0 aliphatic rings. The fourth-order valence-corrected chi connectivity index (χ4v) is 10.6. The summed E-state index contributed by atoms with van der Waals surface area (Å²) in [6.07, 6.45) is 0. The van der Waals surface area contributed by atoms with Crippen molar-refractivity contribution in [2.75, 3.05) is 0 Å². The first-order valence-corrected chi connectivity index (χ1v) is 25.0. The second kappa shape index (κ2) is 18.0. The number of furan rings is 1. The lowest BCUT2D eigenvalue weighted by Crippen LogP contribution is -2.04. The number of hydrogen-bond acceptors (Lipinski definition) is 4. The molecule has 0 spiro atoms. The van der Waals surface area contributed by atoms with E-state index in [1.165, 1.54) is 33.0 Å². The van der Waals surface area contributed by atoms with E-state index in [0.717, 1.165) is 88.7 Å². The van der Waals surface area contributed by atoms with Crippen LogP contribution in [0.1, 0.15) is 0 Å². The van der Waals surface area contributed by atoms with Crippen molar-refractivity contribution < 1.29 is 4.42 Å². The molecular weight excluding hydrogens is 901 g/mol. The first-order valence-electron chi connectivity index (χ1n) is 25.0. The molecule has 0 saturated carbocycles. The van der Waals surface area contributed by atoms with Crippen LogP contribution in [0.3, 0.4) is 0 Å². The molecular formula is C69H44N4O. The van der Waals surface area contributed by atoms with Gasteiger partial charge in [-0.05, 0) is 99.1 Å². The van der Waals surface area contributed by atoms with E-state index >= 15 is 0 Å². The van der Waals surface area contributed by atoms with Crippen LogP contribution in [0.2, 0.25) is 0 Å². The average Bonchev–Trinajstić information content (AvgIpc) is 4.03. The highest BCUT2D eigenvalue weighted by molar-refractivity contribution is 6.13. The maximum absolute atomic E-state index is 6.42. The third kappa shape index (κ3) is 7.63. The lowest BCUT2D eigenvalue weighted by molar-refractivity contribution is 0.669. The van der Waals surface area contributed by atoms with Gasteiger partial charge in [-0.15, -0.1) is 0 Å². The number of aromatic nitrogens is 4. The lowest BCUT2D eigenvalue weighted by atomic mass is 9.92. The minimum absolute atomic E-state index is 0.553. The number of fused-ring (bicyclic) bond motifs is 6. The van der Waals surface area contributed by atoms with Crippen molar-refractivity contribution in [3.63, 3.8) is 0 Å². The molecule has 14 rings (SSSR count). The van der Waals surface area contributed by atoms with E-state index in [1.807, 2.05) is 24.3 Å². The summed E-state index contributed by atoms with van der Waals surface area (Å²) in [5.41, 5.74) is 18.6. The normalized spacial score (nSPS) is 11.5. The van der Waals surface area contributed by atoms with Crippen LogP contribution in [0.25, 0.3) is 139 Å². The van der Waals surface area contributed by atoms with Crippen LogP contribution in [0.4, 0.5) is 0 Å². The Balaban J connectivity index is 1.03. The Bertz CT molecular complexity index is 4220. The third-order valence-corrected chi connectivity index (χ3v) is 14.3. The van der Waals surface area contributed by atoms with Crippen molar-refractivity contribution in [2.45, 2.75) is 0 Å². The van der Waals surface area contributed by atoms with Gasteiger partial charge in [-0.3, -0.25) is 0 Å². The zero-order chi connectivity index (χ0) is 49.0. The standard InChI is InChI=1S/C69H44N4O/c1-6-18-45(19-7-1)48-30-32-51(33-31-48)67-70-68(54-34-37-57-56-28-16-17-29-64(56)74-65(57)44-54)72-69(71-67)55-42-58(49-24-12-4-13-25-49)66(59(43-55)50-26-14-5-15-27-50)73-62-38-35-52(46-20-8-2-9-21-46)40-60(62)61-41-53(36-39-63(61)73)47-22-10-3-11-23-47/h1-44H. The SMILES string of the molecule is c1ccc(-c2ccc(-c3nc(-c4cc(-c5ccccc5)c(-n5c6ccc(-c7ccccc7)cc6c6cc(-c7ccccc7)ccc65)c(-c5ccccc5)c4)nc(-c4ccc5c(c4)oc4ccccc45)n3)cc2)cc1. The minimum atomic E-state index is 0.553. The maximum atomic E-state index is 6.42. The first-order chi connectivity index (χ1) is 36.7. The van der Waals surface area contributed by atoms with Crippen molar-refractivity contribution in [1.82, 2.24) is 19.5 Å². The first kappa shape index (κ1) is 42.9. The molecule has 0 aliphatic heterocycles. The molecule has 0 atom stereocenters. The Morgan fingerprint density at radius 2 is 0.622 bits per heavy atom. The molecule has 346 valence electrons. The monoisotopic (exact) mass is 944 g/mol. The lowest BCUT2D eigenvalue weighted by Gasteiger charge is -2.21. The zero-order valence-electron chi connectivity index (χ0n) is 40.1. The van der Waals surface area contributed by atoms with Gasteiger partial charge in [0, 0.05) is 49.4 Å². The van der Waals surface area contributed by atoms with Crippen molar-refractivity contribution in [1.29, 1.82) is 0 Å². The summed E-state index contributed by atoms with van der Waals surface area (Å²) in [5, 5.41) is 4.46. The molecule has 0 N–H and O–H groups in total. The highest BCUT2D eigenvalue weighted by Gasteiger charge is 2.24. The van der Waals surface area contributed by atoms with Crippen molar-refractivity contribution in [3.05, 3.63) is 267 Å². The van der Waals surface area contributed by atoms with Crippen LogP contribution >= 0.6 is 0 Å². The molecule has 0 aliphatic carbocycles. The number of nitrogens with zero attached hydrogens (tertiary/aromatic N) is 4. The van der Waals surface area contributed by atoms with Crippen LogP contribution in [0.5, 0.6) is 0 Å². The van der Waals surface area contributed by atoms with Gasteiger partial charge in [0.15, 0.2) is 17.5 Å². The van der Waals surface area contributed by atoms with E-state index in [4.69, 9.17) is 19.4 Å². The molecule has 0 radical (unpaired) electrons. The van der Waals surface area contributed by atoms with Crippen LogP contribution in [-0.4, -0.2) is 19.5 Å². The van der Waals surface area contributed by atoms with Gasteiger partial charge in [0.2, 0.25) is 0 Å². The predicted molar refractivity (Wildman–Crippen MR) is 305 cm³/mol. The van der Waals surface area contributed by atoms with Crippen LogP contribution in [0.15, 0.2) is 271 Å². The predicted octanol–water partition coefficient (Wildman–Crippen LogP) is 18.2. The Morgan fingerprint density at radius 3 is 1.15 bits per heavy atom. The van der Waals surface area contributed by atoms with E-state index in [-0.39, 0.29) is 0 Å². The van der Waals surface area contributed by atoms with Gasteiger partial charge in [0.05, 0.1) is 16.7 Å². The van der Waals surface area contributed by atoms with Crippen LogP contribution < -0.4 is 0 Å². The summed E-state index contributed by atoms with van der Waals surface area (Å²) in [6.45, 7) is 0.